The topological polar surface area (TPSA) is 76.2 Å². The molecule has 2 aromatic rings. The zero-order chi connectivity index (χ0) is 13.1. The highest BCUT2D eigenvalue weighted by molar-refractivity contribution is 5.69. The minimum atomic E-state index is -0.849. The maximum Gasteiger partial charge on any atom is 0.306 e. The molecule has 0 spiro atoms. The van der Waals surface area contributed by atoms with E-state index in [4.69, 9.17) is 9.52 Å². The van der Waals surface area contributed by atoms with Gasteiger partial charge in [0.25, 0.3) is 0 Å². The lowest BCUT2D eigenvalue weighted by atomic mass is 10.1. The van der Waals surface area contributed by atoms with Gasteiger partial charge in [0.1, 0.15) is 17.3 Å². The smallest absolute Gasteiger partial charge is 0.306 e. The summed E-state index contributed by atoms with van der Waals surface area (Å²) >= 11 is 0. The minimum absolute atomic E-state index is 0.308. The fourth-order valence-electron chi connectivity index (χ4n) is 1.57. The first kappa shape index (κ1) is 12.3. The Morgan fingerprint density at radius 3 is 2.83 bits per heavy atom. The van der Waals surface area contributed by atoms with Crippen LogP contribution in [0.2, 0.25) is 0 Å². The lowest BCUT2D eigenvalue weighted by molar-refractivity contribution is -0.141. The summed E-state index contributed by atoms with van der Waals surface area (Å²) in [6.45, 7) is 3.49. The number of aromatic nitrogens is 2. The largest absolute Gasteiger partial charge is 0.481 e. The number of furan rings is 1. The van der Waals surface area contributed by atoms with Gasteiger partial charge in [-0.2, -0.15) is 0 Å². The molecule has 0 saturated heterocycles. The predicted octanol–water partition coefficient (Wildman–Crippen LogP) is 2.31. The van der Waals surface area contributed by atoms with E-state index in [1.54, 1.807) is 19.2 Å². The Kier molecular flexibility index (Phi) is 3.41. The first-order valence-corrected chi connectivity index (χ1v) is 5.68. The second-order valence-corrected chi connectivity index (χ2v) is 4.21. The Morgan fingerprint density at radius 1 is 1.44 bits per heavy atom. The molecule has 0 aliphatic carbocycles. The second kappa shape index (κ2) is 5.00. The highest BCUT2D eigenvalue weighted by Gasteiger charge is 2.14. The Bertz CT molecular complexity index is 563. The molecule has 94 valence electrons. The van der Waals surface area contributed by atoms with Crippen molar-refractivity contribution >= 4 is 5.97 Å². The second-order valence-electron chi connectivity index (χ2n) is 4.21. The molecule has 2 rings (SSSR count). The summed E-state index contributed by atoms with van der Waals surface area (Å²) in [5.41, 5.74) is 0.672. The number of carboxylic acids is 1. The molecule has 5 heteroatoms. The highest BCUT2D eigenvalue weighted by Crippen LogP contribution is 2.19. The monoisotopic (exact) mass is 246 g/mol. The maximum absolute atomic E-state index is 10.8. The molecular weight excluding hydrogens is 232 g/mol. The average Bonchev–Trinajstić information content (AvgIpc) is 2.76. The van der Waals surface area contributed by atoms with Crippen molar-refractivity contribution < 1.29 is 14.3 Å². The predicted molar refractivity (Wildman–Crippen MR) is 65.0 cm³/mol. The van der Waals surface area contributed by atoms with Crippen molar-refractivity contribution in [3.05, 3.63) is 36.0 Å². The van der Waals surface area contributed by atoms with Crippen molar-refractivity contribution in [2.45, 2.75) is 20.3 Å². The molecule has 5 nitrogen and oxygen atoms in total. The van der Waals surface area contributed by atoms with Crippen LogP contribution < -0.4 is 0 Å². The van der Waals surface area contributed by atoms with E-state index >= 15 is 0 Å². The number of nitrogens with zero attached hydrogens (tertiary/aromatic N) is 2. The van der Waals surface area contributed by atoms with E-state index in [-0.39, 0.29) is 0 Å². The lowest BCUT2D eigenvalue weighted by Crippen LogP contribution is -2.14. The quantitative estimate of drug-likeness (QED) is 0.895. The van der Waals surface area contributed by atoms with E-state index < -0.39 is 11.9 Å². The number of aryl methyl sites for hydroxylation is 1. The molecule has 0 bridgehead atoms. The normalized spacial score (nSPS) is 12.3. The van der Waals surface area contributed by atoms with Gasteiger partial charge in [-0.3, -0.25) is 4.79 Å². The van der Waals surface area contributed by atoms with Gasteiger partial charge in [0.2, 0.25) is 0 Å². The summed E-state index contributed by atoms with van der Waals surface area (Å²) in [7, 11) is 0. The van der Waals surface area contributed by atoms with Crippen LogP contribution in [0.15, 0.2) is 28.8 Å². The third kappa shape index (κ3) is 2.74. The Balaban J connectivity index is 2.22. The third-order valence-corrected chi connectivity index (χ3v) is 2.61. The molecule has 0 radical (unpaired) electrons. The van der Waals surface area contributed by atoms with E-state index in [1.165, 1.54) is 0 Å². The van der Waals surface area contributed by atoms with E-state index in [0.717, 1.165) is 5.76 Å². The minimum Gasteiger partial charge on any atom is -0.481 e. The number of hydrogen-bond donors (Lipinski definition) is 1. The van der Waals surface area contributed by atoms with E-state index in [0.29, 0.717) is 23.7 Å². The molecule has 0 aliphatic heterocycles. The Labute approximate surface area is 105 Å². The van der Waals surface area contributed by atoms with Gasteiger partial charge in [-0.25, -0.2) is 9.97 Å². The molecule has 0 saturated carbocycles. The van der Waals surface area contributed by atoms with Crippen LogP contribution in [0.5, 0.6) is 0 Å². The summed E-state index contributed by atoms with van der Waals surface area (Å²) in [6.07, 6.45) is 1.92. The summed E-state index contributed by atoms with van der Waals surface area (Å²) in [5.74, 6) is 0.635. The van der Waals surface area contributed by atoms with E-state index in [1.807, 2.05) is 19.1 Å². The first-order valence-electron chi connectivity index (χ1n) is 5.68. The Morgan fingerprint density at radius 2 is 2.22 bits per heavy atom. The van der Waals surface area contributed by atoms with Gasteiger partial charge in [-0.15, -0.1) is 0 Å². The van der Waals surface area contributed by atoms with Crippen molar-refractivity contribution in [2.75, 3.05) is 0 Å². The standard InChI is InChI=1S/C13H14N2O3/c1-8(13(16)17)7-12-14-6-5-10(15-12)11-4-3-9(2)18-11/h3-6,8H,7H2,1-2H3,(H,16,17). The van der Waals surface area contributed by atoms with E-state index in [2.05, 4.69) is 9.97 Å². The van der Waals surface area contributed by atoms with Crippen LogP contribution in [-0.2, 0) is 11.2 Å². The molecule has 2 heterocycles. The zero-order valence-corrected chi connectivity index (χ0v) is 10.3. The first-order chi connectivity index (χ1) is 8.56. The van der Waals surface area contributed by atoms with Crippen LogP contribution in [0, 0.1) is 12.8 Å². The SMILES string of the molecule is Cc1ccc(-c2ccnc(CC(C)C(=O)O)n2)o1. The Hall–Kier alpha value is -2.17. The molecule has 0 aromatic carbocycles. The number of hydrogen-bond acceptors (Lipinski definition) is 4. The summed E-state index contributed by atoms with van der Waals surface area (Å²) in [6, 6.07) is 5.44. The van der Waals surface area contributed by atoms with Crippen molar-refractivity contribution in [3.63, 3.8) is 0 Å². The van der Waals surface area contributed by atoms with Crippen LogP contribution in [0.1, 0.15) is 18.5 Å². The van der Waals surface area contributed by atoms with Gasteiger partial charge in [0, 0.05) is 12.6 Å². The van der Waals surface area contributed by atoms with Gasteiger partial charge in [-0.05, 0) is 25.1 Å². The number of rotatable bonds is 4. The molecular formula is C13H14N2O3. The molecule has 1 atom stereocenters. The zero-order valence-electron chi connectivity index (χ0n) is 10.3. The summed E-state index contributed by atoms with van der Waals surface area (Å²) < 4.78 is 5.47. The van der Waals surface area contributed by atoms with Crippen molar-refractivity contribution in [1.29, 1.82) is 0 Å². The fraction of sp³-hybridized carbons (Fsp3) is 0.308. The number of aliphatic carboxylic acids is 1. The summed E-state index contributed by atoms with van der Waals surface area (Å²) in [5, 5.41) is 8.86. The fourth-order valence-corrected chi connectivity index (χ4v) is 1.57. The molecule has 1 N–H and O–H groups in total. The van der Waals surface area contributed by atoms with Crippen molar-refractivity contribution in [3.8, 4) is 11.5 Å². The lowest BCUT2D eigenvalue weighted by Gasteiger charge is -2.05. The highest BCUT2D eigenvalue weighted by atomic mass is 16.4. The van der Waals surface area contributed by atoms with Gasteiger partial charge < -0.3 is 9.52 Å². The molecule has 0 amide bonds. The van der Waals surface area contributed by atoms with Gasteiger partial charge >= 0.3 is 5.97 Å². The molecule has 0 fully saturated rings. The third-order valence-electron chi connectivity index (χ3n) is 2.61. The van der Waals surface area contributed by atoms with Crippen LogP contribution >= 0.6 is 0 Å². The van der Waals surface area contributed by atoms with Crippen LogP contribution in [-0.4, -0.2) is 21.0 Å². The van der Waals surface area contributed by atoms with Crippen molar-refractivity contribution in [1.82, 2.24) is 9.97 Å². The van der Waals surface area contributed by atoms with Crippen LogP contribution in [0.3, 0.4) is 0 Å². The molecule has 2 aromatic heterocycles. The van der Waals surface area contributed by atoms with Crippen LogP contribution in [0.4, 0.5) is 0 Å². The van der Waals surface area contributed by atoms with Gasteiger partial charge in [0.05, 0.1) is 5.92 Å². The summed E-state index contributed by atoms with van der Waals surface area (Å²) in [4.78, 5) is 19.2. The average molecular weight is 246 g/mol. The number of carbonyl (C=O) groups is 1. The molecule has 18 heavy (non-hydrogen) atoms. The van der Waals surface area contributed by atoms with Gasteiger partial charge in [0.15, 0.2) is 5.76 Å². The number of carboxylic acid groups (broad SMARTS) is 1. The molecule has 1 unspecified atom stereocenters. The van der Waals surface area contributed by atoms with Gasteiger partial charge in [-0.1, -0.05) is 6.92 Å². The van der Waals surface area contributed by atoms with Crippen molar-refractivity contribution in [2.24, 2.45) is 5.92 Å². The van der Waals surface area contributed by atoms with E-state index in [9.17, 15) is 4.79 Å². The molecule has 0 aliphatic rings. The van der Waals surface area contributed by atoms with Crippen LogP contribution in [0.25, 0.3) is 11.5 Å². The maximum atomic E-state index is 10.8.